The van der Waals surface area contributed by atoms with E-state index in [2.05, 4.69) is 44.0 Å². The van der Waals surface area contributed by atoms with Gasteiger partial charge in [0.25, 0.3) is 5.56 Å². The summed E-state index contributed by atoms with van der Waals surface area (Å²) in [6, 6.07) is 15.3. The number of ether oxygens (including phenoxy) is 2. The highest BCUT2D eigenvalue weighted by Gasteiger charge is 2.33. The maximum absolute atomic E-state index is 13.9. The number of hydrogen-bond acceptors (Lipinski definition) is 6. The van der Waals surface area contributed by atoms with Crippen molar-refractivity contribution in [1.29, 1.82) is 0 Å². The Balaban J connectivity index is 1.68. The van der Waals surface area contributed by atoms with Gasteiger partial charge in [-0.25, -0.2) is 9.79 Å². The Kier molecular flexibility index (Phi) is 6.73. The first-order chi connectivity index (χ1) is 18.1. The number of fused-ring (bicyclic) bond motifs is 2. The fourth-order valence-corrected chi connectivity index (χ4v) is 5.89. The van der Waals surface area contributed by atoms with Crippen LogP contribution in [0.2, 0.25) is 0 Å². The third kappa shape index (κ3) is 4.67. The molecule has 0 radical (unpaired) electrons. The van der Waals surface area contributed by atoms with Gasteiger partial charge in [0.2, 0.25) is 0 Å². The van der Waals surface area contributed by atoms with E-state index in [9.17, 15) is 9.59 Å². The molecule has 2 atom stereocenters. The number of aromatic nitrogens is 1. The molecule has 0 spiro atoms. The third-order valence-corrected chi connectivity index (χ3v) is 7.90. The molecular formula is C31H32N2O4S. The number of carbonyl (C=O) groups is 1. The predicted octanol–water partition coefficient (Wildman–Crippen LogP) is 4.91. The molecule has 38 heavy (non-hydrogen) atoms. The van der Waals surface area contributed by atoms with E-state index in [1.54, 1.807) is 18.4 Å². The predicted molar refractivity (Wildman–Crippen MR) is 151 cm³/mol. The van der Waals surface area contributed by atoms with Crippen LogP contribution in [-0.2, 0) is 14.9 Å². The molecule has 2 aliphatic rings. The molecule has 0 amide bonds. The van der Waals surface area contributed by atoms with Gasteiger partial charge < -0.3 is 9.47 Å². The van der Waals surface area contributed by atoms with Crippen LogP contribution in [0.15, 0.2) is 75.2 Å². The monoisotopic (exact) mass is 528 g/mol. The van der Waals surface area contributed by atoms with Gasteiger partial charge in [0, 0.05) is 5.56 Å². The van der Waals surface area contributed by atoms with E-state index in [1.807, 2.05) is 49.4 Å². The van der Waals surface area contributed by atoms with Gasteiger partial charge in [0.05, 0.1) is 28.5 Å². The van der Waals surface area contributed by atoms with Gasteiger partial charge in [0.1, 0.15) is 11.9 Å². The number of esters is 1. The molecule has 3 heterocycles. The Labute approximate surface area is 226 Å². The number of allylic oxidation sites excluding steroid dienone is 1. The smallest absolute Gasteiger partial charge is 0.338 e. The van der Waals surface area contributed by atoms with Crippen LogP contribution in [0.25, 0.3) is 12.2 Å². The Morgan fingerprint density at radius 3 is 2.55 bits per heavy atom. The average molecular weight is 529 g/mol. The van der Waals surface area contributed by atoms with Crippen molar-refractivity contribution in [1.82, 2.24) is 4.57 Å². The second-order valence-corrected chi connectivity index (χ2v) is 11.6. The van der Waals surface area contributed by atoms with Crippen LogP contribution < -0.4 is 19.6 Å². The van der Waals surface area contributed by atoms with E-state index in [0.29, 0.717) is 20.6 Å². The molecule has 0 saturated heterocycles. The summed E-state index contributed by atoms with van der Waals surface area (Å²) in [5.74, 6) is 0.369. The molecule has 5 rings (SSSR count). The molecular weight excluding hydrogens is 496 g/mol. The van der Waals surface area contributed by atoms with Crippen molar-refractivity contribution in [2.45, 2.75) is 59.1 Å². The van der Waals surface area contributed by atoms with Crippen molar-refractivity contribution >= 4 is 29.5 Å². The second kappa shape index (κ2) is 9.87. The standard InChI is InChI=1S/C31H32N2O4S/c1-7-36-29(35)26-18(2)32-30-33(27(26)20-12-14-23(15-13-20)31(4,5)6)28(34)25(38-30)17-22-16-21-10-8-9-11-24(21)37-19(22)3/h8-17,19,27H,7H2,1-6H3/b25-17-. The van der Waals surface area contributed by atoms with Crippen LogP contribution in [-0.4, -0.2) is 23.2 Å². The van der Waals surface area contributed by atoms with E-state index >= 15 is 0 Å². The Morgan fingerprint density at radius 2 is 1.87 bits per heavy atom. The lowest BCUT2D eigenvalue weighted by molar-refractivity contribution is -0.139. The Morgan fingerprint density at radius 1 is 1.16 bits per heavy atom. The highest BCUT2D eigenvalue weighted by atomic mass is 32.1. The molecule has 0 bridgehead atoms. The van der Waals surface area contributed by atoms with Crippen LogP contribution in [0.3, 0.4) is 0 Å². The molecule has 3 aromatic rings. The van der Waals surface area contributed by atoms with Gasteiger partial charge in [-0.15, -0.1) is 0 Å². The summed E-state index contributed by atoms with van der Waals surface area (Å²) in [5, 5.41) is 0. The van der Waals surface area contributed by atoms with Crippen molar-refractivity contribution in [2.75, 3.05) is 6.61 Å². The summed E-state index contributed by atoms with van der Waals surface area (Å²) < 4.78 is 13.7. The molecule has 7 heteroatoms. The molecule has 0 saturated carbocycles. The lowest BCUT2D eigenvalue weighted by Crippen LogP contribution is -2.40. The number of hydrogen-bond donors (Lipinski definition) is 0. The minimum absolute atomic E-state index is 0.0201. The molecule has 2 unspecified atom stereocenters. The van der Waals surface area contributed by atoms with Crippen molar-refractivity contribution in [3.05, 3.63) is 102 Å². The minimum Gasteiger partial charge on any atom is -0.485 e. The highest BCUT2D eigenvalue weighted by molar-refractivity contribution is 7.07. The molecule has 2 aliphatic heterocycles. The maximum Gasteiger partial charge on any atom is 0.338 e. The third-order valence-electron chi connectivity index (χ3n) is 6.92. The number of para-hydroxylation sites is 1. The zero-order chi connectivity index (χ0) is 27.2. The molecule has 0 aliphatic carbocycles. The fraction of sp³-hybridized carbons (Fsp3) is 0.323. The van der Waals surface area contributed by atoms with Crippen LogP contribution in [0.1, 0.15) is 64.3 Å². The first-order valence-electron chi connectivity index (χ1n) is 12.9. The lowest BCUT2D eigenvalue weighted by atomic mass is 9.85. The number of nitrogens with zero attached hydrogens (tertiary/aromatic N) is 2. The van der Waals surface area contributed by atoms with Crippen molar-refractivity contribution < 1.29 is 14.3 Å². The summed E-state index contributed by atoms with van der Waals surface area (Å²) in [5.41, 5.74) is 4.62. The van der Waals surface area contributed by atoms with Crippen molar-refractivity contribution in [3.63, 3.8) is 0 Å². The largest absolute Gasteiger partial charge is 0.485 e. The Bertz CT molecular complexity index is 1650. The van der Waals surface area contributed by atoms with Gasteiger partial charge in [-0.1, -0.05) is 74.6 Å². The van der Waals surface area contributed by atoms with E-state index < -0.39 is 12.0 Å². The van der Waals surface area contributed by atoms with Gasteiger partial charge in [0.15, 0.2) is 4.80 Å². The molecule has 0 fully saturated rings. The van der Waals surface area contributed by atoms with Crippen LogP contribution in [0.4, 0.5) is 0 Å². The first kappa shape index (κ1) is 25.9. The number of rotatable bonds is 4. The van der Waals surface area contributed by atoms with Gasteiger partial charge in [-0.3, -0.25) is 9.36 Å². The number of thiazole rings is 1. The minimum atomic E-state index is -0.629. The van der Waals surface area contributed by atoms with Gasteiger partial charge >= 0.3 is 5.97 Å². The van der Waals surface area contributed by atoms with E-state index in [4.69, 9.17) is 9.47 Å². The summed E-state index contributed by atoms with van der Waals surface area (Å²) in [4.78, 5) is 32.3. The number of carbonyl (C=O) groups excluding carboxylic acids is 1. The van der Waals surface area contributed by atoms with Crippen molar-refractivity contribution in [2.24, 2.45) is 4.99 Å². The molecule has 196 valence electrons. The lowest BCUT2D eigenvalue weighted by Gasteiger charge is -2.26. The topological polar surface area (TPSA) is 69.9 Å². The zero-order valence-electron chi connectivity index (χ0n) is 22.6. The fourth-order valence-electron chi connectivity index (χ4n) is 4.85. The number of benzene rings is 2. The van der Waals surface area contributed by atoms with Gasteiger partial charge in [-0.05, 0) is 61.1 Å². The van der Waals surface area contributed by atoms with Crippen LogP contribution >= 0.6 is 11.3 Å². The Hall–Kier alpha value is -3.71. The maximum atomic E-state index is 13.9. The molecule has 6 nitrogen and oxygen atoms in total. The normalized spacial score (nSPS) is 19.2. The van der Waals surface area contributed by atoms with Crippen LogP contribution in [0.5, 0.6) is 5.75 Å². The summed E-state index contributed by atoms with van der Waals surface area (Å²) in [7, 11) is 0. The SMILES string of the molecule is CCOC(=O)C1=C(C)N=c2s/c(=C\C3=Cc4ccccc4OC3C)c(=O)n2C1c1ccc(C(C)(C)C)cc1. The molecule has 1 aromatic heterocycles. The first-order valence-corrected chi connectivity index (χ1v) is 13.7. The van der Waals surface area contributed by atoms with E-state index in [0.717, 1.165) is 22.4 Å². The second-order valence-electron chi connectivity index (χ2n) is 10.6. The average Bonchev–Trinajstić information content (AvgIpc) is 3.17. The summed E-state index contributed by atoms with van der Waals surface area (Å²) in [6.07, 6.45) is 3.73. The quantitative estimate of drug-likeness (QED) is 0.451. The zero-order valence-corrected chi connectivity index (χ0v) is 23.4. The van der Waals surface area contributed by atoms with Gasteiger partial charge in [-0.2, -0.15) is 0 Å². The highest BCUT2D eigenvalue weighted by Crippen LogP contribution is 2.33. The molecule has 2 aromatic carbocycles. The summed E-state index contributed by atoms with van der Waals surface area (Å²) >= 11 is 1.32. The van der Waals surface area contributed by atoms with E-state index in [-0.39, 0.29) is 23.7 Å². The molecule has 0 N–H and O–H groups in total. The summed E-state index contributed by atoms with van der Waals surface area (Å²) in [6.45, 7) is 12.2. The van der Waals surface area contributed by atoms with Crippen LogP contribution in [0, 0.1) is 0 Å². The van der Waals surface area contributed by atoms with Crippen molar-refractivity contribution in [3.8, 4) is 5.75 Å². The van der Waals surface area contributed by atoms with E-state index in [1.165, 1.54) is 16.9 Å².